The third-order valence-corrected chi connectivity index (χ3v) is 3.90. The lowest BCUT2D eigenvalue weighted by Crippen LogP contribution is -2.38. The third-order valence-electron chi connectivity index (χ3n) is 2.69. The number of hydrogen-bond donors (Lipinski definition) is 3. The number of carboxylic acids is 1. The normalized spacial score (nSPS) is 14.4. The number of carbonyl (C=O) groups is 1. The summed E-state index contributed by atoms with van der Waals surface area (Å²) < 4.78 is 0.964. The molecule has 0 aliphatic rings. The van der Waals surface area contributed by atoms with Crippen LogP contribution in [0.2, 0.25) is 0 Å². The Bertz CT molecular complexity index is 427. The molecule has 4 nitrogen and oxygen atoms in total. The number of aliphatic carboxylic acids is 1. The van der Waals surface area contributed by atoms with Crippen molar-refractivity contribution in [2.45, 2.75) is 25.3 Å². The summed E-state index contributed by atoms with van der Waals surface area (Å²) in [7, 11) is 0. The number of hydrogen-bond acceptors (Lipinski definition) is 3. The van der Waals surface area contributed by atoms with E-state index in [4.69, 9.17) is 10.8 Å². The van der Waals surface area contributed by atoms with Gasteiger partial charge in [0.25, 0.3) is 0 Å². The quantitative estimate of drug-likeness (QED) is 0.764. The lowest BCUT2D eigenvalue weighted by molar-refractivity contribution is -0.138. The van der Waals surface area contributed by atoms with E-state index in [9.17, 15) is 9.90 Å². The van der Waals surface area contributed by atoms with Crippen LogP contribution in [0.4, 0.5) is 0 Å². The monoisotopic (exact) mass is 365 g/mol. The van der Waals surface area contributed by atoms with Crippen LogP contribution in [0.15, 0.2) is 21.1 Å². The smallest absolute Gasteiger partial charge is 0.305 e. The summed E-state index contributed by atoms with van der Waals surface area (Å²) in [4.78, 5) is 10.8. The molecule has 0 heterocycles. The lowest BCUT2D eigenvalue weighted by Gasteiger charge is -2.27. The molecule has 0 bridgehead atoms. The van der Waals surface area contributed by atoms with E-state index in [1.165, 1.54) is 0 Å². The maximum absolute atomic E-state index is 10.8. The second kappa shape index (κ2) is 5.37. The van der Waals surface area contributed by atoms with Crippen LogP contribution in [0, 0.1) is 0 Å². The minimum Gasteiger partial charge on any atom is -0.506 e. The van der Waals surface area contributed by atoms with Crippen molar-refractivity contribution in [3.8, 4) is 5.75 Å². The zero-order chi connectivity index (χ0) is 13.2. The van der Waals surface area contributed by atoms with Crippen LogP contribution in [0.5, 0.6) is 5.75 Å². The van der Waals surface area contributed by atoms with Crippen LogP contribution in [0.3, 0.4) is 0 Å². The van der Waals surface area contributed by atoms with Crippen LogP contribution in [0.1, 0.15) is 25.3 Å². The van der Waals surface area contributed by atoms with Crippen LogP contribution < -0.4 is 5.73 Å². The zero-order valence-electron chi connectivity index (χ0n) is 9.20. The maximum Gasteiger partial charge on any atom is 0.305 e. The molecule has 0 aliphatic heterocycles. The highest BCUT2D eigenvalue weighted by Crippen LogP contribution is 2.37. The highest BCUT2D eigenvalue weighted by atomic mass is 79.9. The summed E-state index contributed by atoms with van der Waals surface area (Å²) in [5.41, 5.74) is 5.83. The van der Waals surface area contributed by atoms with Crippen molar-refractivity contribution in [2.24, 2.45) is 5.73 Å². The van der Waals surface area contributed by atoms with Gasteiger partial charge in [0.1, 0.15) is 5.75 Å². The maximum atomic E-state index is 10.8. The van der Waals surface area contributed by atoms with Gasteiger partial charge < -0.3 is 15.9 Å². The molecule has 1 aromatic carbocycles. The SMILES string of the molecule is CCC(N)(CC(=O)O)c1cc(Br)c(O)c(Br)c1. The van der Waals surface area contributed by atoms with Gasteiger partial charge in [-0.25, -0.2) is 0 Å². The number of phenols is 1. The summed E-state index contributed by atoms with van der Waals surface area (Å²) in [6.07, 6.45) is 0.329. The van der Waals surface area contributed by atoms with Gasteiger partial charge >= 0.3 is 5.97 Å². The molecule has 1 unspecified atom stereocenters. The molecule has 0 aliphatic carbocycles. The molecule has 4 N–H and O–H groups in total. The summed E-state index contributed by atoms with van der Waals surface area (Å²) in [5, 5.41) is 18.5. The second-order valence-electron chi connectivity index (χ2n) is 3.87. The predicted octanol–water partition coefficient (Wildman–Crippen LogP) is 2.96. The van der Waals surface area contributed by atoms with Crippen LogP contribution in [0.25, 0.3) is 0 Å². The predicted molar refractivity (Wildman–Crippen MR) is 71.9 cm³/mol. The van der Waals surface area contributed by atoms with E-state index < -0.39 is 11.5 Å². The minimum atomic E-state index is -0.949. The molecule has 0 saturated heterocycles. The summed E-state index contributed by atoms with van der Waals surface area (Å²) >= 11 is 6.40. The Morgan fingerprint density at radius 3 is 2.24 bits per heavy atom. The van der Waals surface area contributed by atoms with Crippen molar-refractivity contribution in [1.29, 1.82) is 0 Å². The number of aromatic hydroxyl groups is 1. The van der Waals surface area contributed by atoms with Crippen LogP contribution in [-0.4, -0.2) is 16.2 Å². The van der Waals surface area contributed by atoms with Crippen LogP contribution in [-0.2, 0) is 10.3 Å². The topological polar surface area (TPSA) is 83.6 Å². The highest BCUT2D eigenvalue weighted by molar-refractivity contribution is 9.11. The van der Waals surface area contributed by atoms with E-state index in [1.807, 2.05) is 6.92 Å². The Balaban J connectivity index is 3.25. The Labute approximate surface area is 116 Å². The number of phenolic OH excluding ortho intramolecular Hbond substituents is 1. The molecule has 94 valence electrons. The van der Waals surface area contributed by atoms with Gasteiger partial charge in [0.05, 0.1) is 20.9 Å². The Morgan fingerprint density at radius 1 is 1.41 bits per heavy atom. The van der Waals surface area contributed by atoms with Gasteiger partial charge in [0.15, 0.2) is 0 Å². The first-order valence-electron chi connectivity index (χ1n) is 4.99. The number of nitrogens with two attached hydrogens (primary N) is 1. The molecule has 0 aromatic heterocycles. The van der Waals surface area contributed by atoms with Gasteiger partial charge in [-0.3, -0.25) is 4.79 Å². The van der Waals surface area contributed by atoms with E-state index in [0.29, 0.717) is 20.9 Å². The molecule has 1 aromatic rings. The molecule has 1 atom stereocenters. The van der Waals surface area contributed by atoms with Gasteiger partial charge in [-0.2, -0.15) is 0 Å². The molecule has 0 fully saturated rings. The first-order chi connectivity index (χ1) is 7.80. The molecule has 0 radical (unpaired) electrons. The molecule has 0 amide bonds. The van der Waals surface area contributed by atoms with E-state index in [-0.39, 0.29) is 12.2 Å². The number of halogens is 2. The van der Waals surface area contributed by atoms with Crippen molar-refractivity contribution in [3.05, 3.63) is 26.6 Å². The van der Waals surface area contributed by atoms with E-state index in [1.54, 1.807) is 12.1 Å². The molecular formula is C11H13Br2NO3. The largest absolute Gasteiger partial charge is 0.506 e. The molecule has 17 heavy (non-hydrogen) atoms. The molecule has 0 saturated carbocycles. The van der Waals surface area contributed by atoms with Gasteiger partial charge in [-0.15, -0.1) is 0 Å². The fraction of sp³-hybridized carbons (Fsp3) is 0.364. The molecule has 1 rings (SSSR count). The molecule has 6 heteroatoms. The summed E-state index contributed by atoms with van der Waals surface area (Å²) in [6.45, 7) is 1.83. The Hall–Kier alpha value is -0.590. The fourth-order valence-electron chi connectivity index (χ4n) is 1.55. The van der Waals surface area contributed by atoms with Crippen LogP contribution >= 0.6 is 31.9 Å². The fourth-order valence-corrected chi connectivity index (χ4v) is 2.74. The number of benzene rings is 1. The first kappa shape index (κ1) is 14.5. The van der Waals surface area contributed by atoms with E-state index in [0.717, 1.165) is 0 Å². The number of carboxylic acid groups (broad SMARTS) is 1. The molecule has 0 spiro atoms. The van der Waals surface area contributed by atoms with E-state index >= 15 is 0 Å². The van der Waals surface area contributed by atoms with Gasteiger partial charge in [-0.05, 0) is 56.0 Å². The lowest BCUT2D eigenvalue weighted by atomic mass is 9.85. The molecular weight excluding hydrogens is 354 g/mol. The second-order valence-corrected chi connectivity index (χ2v) is 5.58. The van der Waals surface area contributed by atoms with Gasteiger partial charge in [0, 0.05) is 0 Å². The Morgan fingerprint density at radius 2 is 1.88 bits per heavy atom. The number of rotatable bonds is 4. The Kier molecular flexibility index (Phi) is 4.57. The average molecular weight is 367 g/mol. The minimum absolute atomic E-state index is 0.0718. The third kappa shape index (κ3) is 3.20. The first-order valence-corrected chi connectivity index (χ1v) is 6.58. The van der Waals surface area contributed by atoms with Crippen molar-refractivity contribution >= 4 is 37.8 Å². The van der Waals surface area contributed by atoms with Crippen molar-refractivity contribution in [3.63, 3.8) is 0 Å². The summed E-state index contributed by atoms with van der Waals surface area (Å²) in [5.74, 6) is -0.878. The van der Waals surface area contributed by atoms with Crippen molar-refractivity contribution < 1.29 is 15.0 Å². The van der Waals surface area contributed by atoms with Crippen molar-refractivity contribution in [2.75, 3.05) is 0 Å². The highest BCUT2D eigenvalue weighted by Gasteiger charge is 2.29. The van der Waals surface area contributed by atoms with E-state index in [2.05, 4.69) is 31.9 Å². The average Bonchev–Trinajstić information content (AvgIpc) is 2.24. The summed E-state index contributed by atoms with van der Waals surface area (Å²) in [6, 6.07) is 3.29. The van der Waals surface area contributed by atoms with Gasteiger partial charge in [0.2, 0.25) is 0 Å². The zero-order valence-corrected chi connectivity index (χ0v) is 12.4. The standard InChI is InChI=1S/C11H13Br2NO3/c1-2-11(14,5-9(15)16)6-3-7(12)10(17)8(13)4-6/h3-4,17H,2,5,14H2,1H3,(H,15,16). The van der Waals surface area contributed by atoms with Crippen molar-refractivity contribution in [1.82, 2.24) is 0 Å². The van der Waals surface area contributed by atoms with Gasteiger partial charge in [-0.1, -0.05) is 6.92 Å².